The van der Waals surface area contributed by atoms with Gasteiger partial charge in [0.05, 0.1) is 6.61 Å². The zero-order valence-corrected chi connectivity index (χ0v) is 24.3. The van der Waals surface area contributed by atoms with E-state index in [-0.39, 0.29) is 0 Å². The van der Waals surface area contributed by atoms with E-state index in [1.807, 2.05) is 140 Å². The molecule has 5 aromatic carbocycles. The van der Waals surface area contributed by atoms with Crippen molar-refractivity contribution in [3.05, 3.63) is 161 Å². The van der Waals surface area contributed by atoms with Crippen LogP contribution >= 0.6 is 0 Å². The average molecular weight is 573 g/mol. The van der Waals surface area contributed by atoms with Crippen LogP contribution in [0.5, 0.6) is 23.0 Å². The Morgan fingerprint density at radius 2 is 1.05 bits per heavy atom. The highest BCUT2D eigenvalue weighted by Gasteiger charge is 2.14. The Hall–Kier alpha value is -5.00. The van der Waals surface area contributed by atoms with Crippen LogP contribution in [-0.4, -0.2) is 11.7 Å². The maximum atomic E-state index is 11.2. The average Bonchev–Trinajstić information content (AvgIpc) is 3.06. The first kappa shape index (κ1) is 29.5. The fourth-order valence-electron chi connectivity index (χ4n) is 4.51. The van der Waals surface area contributed by atoms with Crippen molar-refractivity contribution in [2.45, 2.75) is 32.8 Å². The van der Waals surface area contributed by atoms with Gasteiger partial charge in [-0.2, -0.15) is 0 Å². The van der Waals surface area contributed by atoms with Crippen molar-refractivity contribution in [3.8, 4) is 23.0 Å². The van der Waals surface area contributed by atoms with Gasteiger partial charge in [0.25, 0.3) is 0 Å². The summed E-state index contributed by atoms with van der Waals surface area (Å²) in [5.41, 5.74) is 4.70. The Morgan fingerprint density at radius 3 is 1.58 bits per heavy atom. The lowest BCUT2D eigenvalue weighted by molar-refractivity contribution is 0.219. The third-order valence-corrected chi connectivity index (χ3v) is 6.78. The lowest BCUT2D eigenvalue weighted by Gasteiger charge is -2.16. The van der Waals surface area contributed by atoms with Crippen molar-refractivity contribution in [2.75, 3.05) is 6.61 Å². The summed E-state index contributed by atoms with van der Waals surface area (Å²) in [6.07, 6.45) is 2.69. The fraction of sp³-hybridized carbons (Fsp3) is 0.158. The molecule has 0 amide bonds. The highest BCUT2D eigenvalue weighted by atomic mass is 16.5. The van der Waals surface area contributed by atoms with E-state index in [0.29, 0.717) is 55.0 Å². The molecule has 0 aromatic heterocycles. The van der Waals surface area contributed by atoms with Crippen molar-refractivity contribution in [2.24, 2.45) is 0 Å². The van der Waals surface area contributed by atoms with E-state index in [9.17, 15) is 5.11 Å². The van der Waals surface area contributed by atoms with Crippen LogP contribution in [0.3, 0.4) is 0 Å². The maximum Gasteiger partial charge on any atom is 0.130 e. The van der Waals surface area contributed by atoms with Gasteiger partial charge in [-0.25, -0.2) is 0 Å². The molecule has 0 fully saturated rings. The van der Waals surface area contributed by atoms with E-state index < -0.39 is 6.10 Å². The van der Waals surface area contributed by atoms with E-state index in [1.54, 1.807) is 6.08 Å². The lowest BCUT2D eigenvalue weighted by Crippen LogP contribution is -2.02. The summed E-state index contributed by atoms with van der Waals surface area (Å²) in [6.45, 7) is 3.70. The Kier molecular flexibility index (Phi) is 10.5. The third kappa shape index (κ3) is 8.74. The van der Waals surface area contributed by atoms with Gasteiger partial charge in [0, 0.05) is 23.3 Å². The number of hydrogen-bond donors (Lipinski definition) is 1. The highest BCUT2D eigenvalue weighted by molar-refractivity contribution is 5.60. The van der Waals surface area contributed by atoms with Crippen LogP contribution in [0, 0.1) is 0 Å². The Morgan fingerprint density at radius 1 is 0.558 bits per heavy atom. The minimum absolute atomic E-state index is 0.408. The molecule has 0 radical (unpaired) electrons. The zero-order chi connectivity index (χ0) is 29.7. The molecule has 5 rings (SSSR count). The summed E-state index contributed by atoms with van der Waals surface area (Å²) in [7, 11) is 0. The number of rotatable bonds is 14. The zero-order valence-electron chi connectivity index (χ0n) is 24.3. The second-order valence-electron chi connectivity index (χ2n) is 9.96. The molecule has 43 heavy (non-hydrogen) atoms. The molecule has 5 heteroatoms. The van der Waals surface area contributed by atoms with Crippen molar-refractivity contribution in [1.29, 1.82) is 0 Å². The number of ether oxygens (including phenoxy) is 4. The van der Waals surface area contributed by atoms with Crippen LogP contribution in [0.4, 0.5) is 0 Å². The summed E-state index contributed by atoms with van der Waals surface area (Å²) in [6, 6.07) is 41.3. The molecule has 0 heterocycles. The smallest absolute Gasteiger partial charge is 0.130 e. The Bertz CT molecular complexity index is 1580. The molecule has 0 aliphatic rings. The van der Waals surface area contributed by atoms with Gasteiger partial charge in [-0.15, -0.1) is 0 Å². The van der Waals surface area contributed by atoms with Gasteiger partial charge < -0.3 is 24.1 Å². The molecule has 0 aliphatic heterocycles. The Labute approximate surface area is 253 Å². The minimum Gasteiger partial charge on any atom is -0.493 e. The standard InChI is InChI=1S/C38H36O5/c1-2-40-38-25-34(42-27-30-14-8-4-9-15-30)21-22-35(38)36(39)23-19-32-18-20-33(41-26-29-12-6-3-7-13-29)24-37(32)43-28-31-16-10-5-11-17-31/h3-25,36,39H,2,26-28H2,1H3. The second kappa shape index (κ2) is 15.3. The van der Waals surface area contributed by atoms with Crippen molar-refractivity contribution in [3.63, 3.8) is 0 Å². The monoisotopic (exact) mass is 572 g/mol. The van der Waals surface area contributed by atoms with E-state index >= 15 is 0 Å². The molecular formula is C38H36O5. The minimum atomic E-state index is -0.902. The molecule has 5 aromatic rings. The summed E-state index contributed by atoms with van der Waals surface area (Å²) in [5, 5.41) is 11.2. The van der Waals surface area contributed by atoms with Crippen molar-refractivity contribution < 1.29 is 24.1 Å². The Balaban J connectivity index is 1.32. The molecule has 1 atom stereocenters. The third-order valence-electron chi connectivity index (χ3n) is 6.78. The first-order valence-electron chi connectivity index (χ1n) is 14.4. The highest BCUT2D eigenvalue weighted by Crippen LogP contribution is 2.33. The van der Waals surface area contributed by atoms with E-state index in [4.69, 9.17) is 18.9 Å². The molecule has 5 nitrogen and oxygen atoms in total. The van der Waals surface area contributed by atoms with Gasteiger partial charge >= 0.3 is 0 Å². The molecule has 1 N–H and O–H groups in total. The van der Waals surface area contributed by atoms with Gasteiger partial charge in [0.1, 0.15) is 48.9 Å². The second-order valence-corrected chi connectivity index (χ2v) is 9.96. The molecule has 218 valence electrons. The van der Waals surface area contributed by atoms with Gasteiger partial charge in [-0.05, 0) is 47.9 Å². The summed E-state index contributed by atoms with van der Waals surface area (Å²) in [4.78, 5) is 0. The van der Waals surface area contributed by atoms with Crippen LogP contribution in [0.25, 0.3) is 6.08 Å². The topological polar surface area (TPSA) is 57.2 Å². The first-order chi connectivity index (χ1) is 21.2. The fourth-order valence-corrected chi connectivity index (χ4v) is 4.51. The number of hydrogen-bond acceptors (Lipinski definition) is 5. The van der Waals surface area contributed by atoms with Crippen LogP contribution < -0.4 is 18.9 Å². The summed E-state index contributed by atoms with van der Waals surface area (Å²) < 4.78 is 24.1. The molecule has 1 unspecified atom stereocenters. The van der Waals surface area contributed by atoms with E-state index in [2.05, 4.69) is 0 Å². The molecule has 0 saturated heterocycles. The van der Waals surface area contributed by atoms with Gasteiger partial charge in [0.15, 0.2) is 0 Å². The molecule has 0 aliphatic carbocycles. The van der Waals surface area contributed by atoms with Crippen LogP contribution in [0.1, 0.15) is 40.8 Å². The van der Waals surface area contributed by atoms with Gasteiger partial charge in [-0.1, -0.05) is 103 Å². The molecule has 0 saturated carbocycles. The van der Waals surface area contributed by atoms with Gasteiger partial charge in [0.2, 0.25) is 0 Å². The largest absolute Gasteiger partial charge is 0.493 e. The quantitative estimate of drug-likeness (QED) is 0.144. The van der Waals surface area contributed by atoms with Crippen LogP contribution in [-0.2, 0) is 19.8 Å². The molecule has 0 spiro atoms. The van der Waals surface area contributed by atoms with Crippen LogP contribution in [0.2, 0.25) is 0 Å². The first-order valence-corrected chi connectivity index (χ1v) is 14.4. The maximum absolute atomic E-state index is 11.2. The normalized spacial score (nSPS) is 11.7. The predicted octanol–water partition coefficient (Wildman–Crippen LogP) is 8.57. The summed E-state index contributed by atoms with van der Waals surface area (Å²) in [5.74, 6) is 2.62. The van der Waals surface area contributed by atoms with Gasteiger partial charge in [-0.3, -0.25) is 0 Å². The van der Waals surface area contributed by atoms with E-state index in [0.717, 1.165) is 22.3 Å². The predicted molar refractivity (Wildman–Crippen MR) is 170 cm³/mol. The molecule has 0 bridgehead atoms. The molecular weight excluding hydrogens is 536 g/mol. The van der Waals surface area contributed by atoms with E-state index in [1.165, 1.54) is 0 Å². The SMILES string of the molecule is CCOc1cc(OCc2ccccc2)ccc1C(O)C=Cc1ccc(OCc2ccccc2)cc1OCc1ccccc1. The van der Waals surface area contributed by atoms with Crippen molar-refractivity contribution >= 4 is 6.08 Å². The number of aliphatic hydroxyl groups is 1. The lowest BCUT2D eigenvalue weighted by atomic mass is 10.1. The summed E-state index contributed by atoms with van der Waals surface area (Å²) >= 11 is 0. The van der Waals surface area contributed by atoms with Crippen LogP contribution in [0.15, 0.2) is 133 Å². The number of aliphatic hydroxyl groups excluding tert-OH is 1. The number of benzene rings is 5. The van der Waals surface area contributed by atoms with Crippen molar-refractivity contribution in [1.82, 2.24) is 0 Å².